The highest BCUT2D eigenvalue weighted by atomic mass is 32.2. The predicted molar refractivity (Wildman–Crippen MR) is 111 cm³/mol. The van der Waals surface area contributed by atoms with Gasteiger partial charge in [0.15, 0.2) is 9.84 Å². The maximum atomic E-state index is 12.9. The topological polar surface area (TPSA) is 162 Å². The van der Waals surface area contributed by atoms with E-state index in [0.717, 1.165) is 31.9 Å². The summed E-state index contributed by atoms with van der Waals surface area (Å²) in [6.45, 7) is 2.82. The second kappa shape index (κ2) is 10.7. The summed E-state index contributed by atoms with van der Waals surface area (Å²) in [4.78, 5) is 37.8. The fourth-order valence-corrected chi connectivity index (χ4v) is 6.84. The van der Waals surface area contributed by atoms with E-state index in [1.165, 1.54) is 0 Å². The largest absolute Gasteiger partial charge is 0.483 e. The minimum atomic E-state index is -3.14. The molecule has 0 aliphatic carbocycles. The molecule has 1 aromatic rings. The summed E-state index contributed by atoms with van der Waals surface area (Å²) in [6.07, 6.45) is 2.62. The van der Waals surface area contributed by atoms with Gasteiger partial charge in [-0.2, -0.15) is 0 Å². The molecule has 3 N–H and O–H groups in total. The van der Waals surface area contributed by atoms with Crippen molar-refractivity contribution in [2.45, 2.75) is 24.3 Å². The number of carboxylic acid groups (broad SMARTS) is 2. The molecule has 4 heterocycles. The van der Waals surface area contributed by atoms with Crippen molar-refractivity contribution in [3.8, 4) is 0 Å². The Bertz CT molecular complexity index is 856. The van der Waals surface area contributed by atoms with Crippen molar-refractivity contribution < 1.29 is 33.0 Å². The first-order valence-corrected chi connectivity index (χ1v) is 11.5. The summed E-state index contributed by atoms with van der Waals surface area (Å²) in [6, 6.07) is -0.0161. The molecule has 4 rings (SSSR count). The molecular formula is C18H29N5O7S. The van der Waals surface area contributed by atoms with Crippen LogP contribution in [0.25, 0.3) is 0 Å². The van der Waals surface area contributed by atoms with Crippen LogP contribution in [0.1, 0.15) is 16.3 Å². The zero-order chi connectivity index (χ0) is 23.2. The first-order chi connectivity index (χ1) is 14.7. The Balaban J connectivity index is 0.000000513. The van der Waals surface area contributed by atoms with Crippen molar-refractivity contribution in [2.75, 3.05) is 46.0 Å². The third-order valence-electron chi connectivity index (χ3n) is 5.75. The second-order valence-corrected chi connectivity index (χ2v) is 9.98. The number of rotatable bonds is 2. The van der Waals surface area contributed by atoms with Crippen LogP contribution in [0.15, 0.2) is 6.20 Å². The number of nitrogens with one attached hydrogen (secondary N) is 1. The van der Waals surface area contributed by atoms with Gasteiger partial charge in [0.05, 0.1) is 11.0 Å². The number of hydrogen-bond donors (Lipinski definition) is 3. The molecule has 13 heteroatoms. The number of likely N-dealkylation sites (tertiary alicyclic amines) is 1. The van der Waals surface area contributed by atoms with E-state index in [1.54, 1.807) is 4.90 Å². The number of imidazole rings is 1. The van der Waals surface area contributed by atoms with Crippen LogP contribution in [-0.2, 0) is 32.4 Å². The third-order valence-corrected chi connectivity index (χ3v) is 7.98. The number of carbonyl (C=O) groups is 3. The molecule has 0 bridgehead atoms. The molecule has 174 valence electrons. The van der Waals surface area contributed by atoms with Crippen molar-refractivity contribution in [3.63, 3.8) is 0 Å². The van der Waals surface area contributed by atoms with E-state index in [0.29, 0.717) is 18.8 Å². The zero-order valence-corrected chi connectivity index (χ0v) is 18.4. The van der Waals surface area contributed by atoms with E-state index in [4.69, 9.17) is 19.8 Å². The Morgan fingerprint density at radius 1 is 1.23 bits per heavy atom. The summed E-state index contributed by atoms with van der Waals surface area (Å²) in [5.74, 6) is 0.971. The molecular weight excluding hydrogens is 430 g/mol. The summed E-state index contributed by atoms with van der Waals surface area (Å²) in [5, 5.41) is 16.6. The van der Waals surface area contributed by atoms with E-state index in [-0.39, 0.29) is 36.6 Å². The standard InChI is InChI=1S/C16H25N5O3S.2CH2O2/c1-19(2)13-10-25(23,24)14-9-21(7-11(13)14)16(22)12-8-20-6-5-17-4-3-15(20)18-12;2*2-1-3/h8,11,13-14,17H,3-7,9-10H2,1-2H3;2*1H,(H,2,3)/t11-,13-,14-;;/m0../s1. The number of nitrogens with zero attached hydrogens (tertiary/aromatic N) is 4. The average Bonchev–Trinajstić information content (AvgIpc) is 3.33. The lowest BCUT2D eigenvalue weighted by atomic mass is 10.00. The molecule has 2 saturated heterocycles. The van der Waals surface area contributed by atoms with Crippen LogP contribution in [0.2, 0.25) is 0 Å². The van der Waals surface area contributed by atoms with Crippen LogP contribution in [-0.4, -0.2) is 114 Å². The quantitative estimate of drug-likeness (QED) is 0.431. The molecule has 31 heavy (non-hydrogen) atoms. The molecule has 0 unspecified atom stereocenters. The van der Waals surface area contributed by atoms with Crippen LogP contribution in [0.3, 0.4) is 0 Å². The first-order valence-electron chi connectivity index (χ1n) is 9.79. The van der Waals surface area contributed by atoms with E-state index >= 15 is 0 Å². The minimum Gasteiger partial charge on any atom is -0.483 e. The Labute approximate surface area is 180 Å². The van der Waals surface area contributed by atoms with Crippen molar-refractivity contribution >= 4 is 28.7 Å². The van der Waals surface area contributed by atoms with Crippen molar-refractivity contribution in [3.05, 3.63) is 17.7 Å². The number of carbonyl (C=O) groups excluding carboxylic acids is 1. The lowest BCUT2D eigenvalue weighted by Crippen LogP contribution is -2.38. The zero-order valence-electron chi connectivity index (χ0n) is 17.5. The summed E-state index contributed by atoms with van der Waals surface area (Å²) in [7, 11) is 0.677. The Morgan fingerprint density at radius 2 is 1.87 bits per heavy atom. The molecule has 0 radical (unpaired) electrons. The van der Waals surface area contributed by atoms with Gasteiger partial charge < -0.3 is 29.9 Å². The van der Waals surface area contributed by atoms with E-state index in [1.807, 2.05) is 29.8 Å². The number of sulfone groups is 1. The summed E-state index contributed by atoms with van der Waals surface area (Å²) >= 11 is 0. The lowest BCUT2D eigenvalue weighted by Gasteiger charge is -2.24. The summed E-state index contributed by atoms with van der Waals surface area (Å²) in [5.41, 5.74) is 0.440. The Morgan fingerprint density at radius 3 is 2.48 bits per heavy atom. The highest BCUT2D eigenvalue weighted by Crippen LogP contribution is 2.36. The maximum absolute atomic E-state index is 12.9. The SMILES string of the molecule is CN(C)[C@H]1CS(=O)(=O)[C@H]2CN(C(=O)c3cn4c(n3)CCNCC4)C[C@@H]12.O=CO.O=CO. The molecule has 0 saturated carbocycles. The number of aromatic nitrogens is 2. The molecule has 0 spiro atoms. The van der Waals surface area contributed by atoms with Gasteiger partial charge in [0, 0.05) is 57.3 Å². The molecule has 0 aromatic carbocycles. The maximum Gasteiger partial charge on any atom is 0.290 e. The van der Waals surface area contributed by atoms with Crippen LogP contribution in [0, 0.1) is 5.92 Å². The van der Waals surface area contributed by atoms with Crippen LogP contribution < -0.4 is 5.32 Å². The van der Waals surface area contributed by atoms with Gasteiger partial charge in [-0.1, -0.05) is 0 Å². The monoisotopic (exact) mass is 459 g/mol. The van der Waals surface area contributed by atoms with Crippen LogP contribution >= 0.6 is 0 Å². The second-order valence-electron chi connectivity index (χ2n) is 7.72. The van der Waals surface area contributed by atoms with E-state index < -0.39 is 15.1 Å². The normalized spacial score (nSPS) is 25.8. The van der Waals surface area contributed by atoms with Crippen molar-refractivity contribution in [2.24, 2.45) is 5.92 Å². The highest BCUT2D eigenvalue weighted by Gasteiger charge is 2.53. The fraction of sp³-hybridized carbons (Fsp3) is 0.667. The Kier molecular flexibility index (Phi) is 8.53. The molecule has 3 aliphatic heterocycles. The average molecular weight is 460 g/mol. The highest BCUT2D eigenvalue weighted by molar-refractivity contribution is 7.92. The van der Waals surface area contributed by atoms with Gasteiger partial charge >= 0.3 is 0 Å². The predicted octanol–water partition coefficient (Wildman–Crippen LogP) is -1.77. The van der Waals surface area contributed by atoms with Gasteiger partial charge in [-0.25, -0.2) is 13.4 Å². The van der Waals surface area contributed by atoms with Gasteiger partial charge in [0.2, 0.25) is 0 Å². The molecule has 2 fully saturated rings. The Hall–Kier alpha value is -2.51. The van der Waals surface area contributed by atoms with Gasteiger partial charge in [0.25, 0.3) is 18.9 Å². The molecule has 3 atom stereocenters. The molecule has 12 nitrogen and oxygen atoms in total. The smallest absolute Gasteiger partial charge is 0.290 e. The van der Waals surface area contributed by atoms with Crippen molar-refractivity contribution in [1.29, 1.82) is 0 Å². The fourth-order valence-electron chi connectivity index (χ4n) is 4.37. The van der Waals surface area contributed by atoms with Gasteiger partial charge in [0.1, 0.15) is 11.5 Å². The third kappa shape index (κ3) is 5.60. The molecule has 1 aromatic heterocycles. The first kappa shape index (κ1) is 24.8. The van der Waals surface area contributed by atoms with Gasteiger partial charge in [-0.05, 0) is 14.1 Å². The van der Waals surface area contributed by atoms with Crippen LogP contribution in [0.5, 0.6) is 0 Å². The molecule has 3 aliphatic rings. The number of amides is 1. The molecule has 1 amide bonds. The minimum absolute atomic E-state index is 0.00594. The van der Waals surface area contributed by atoms with E-state index in [2.05, 4.69) is 10.3 Å². The van der Waals surface area contributed by atoms with Gasteiger partial charge in [-0.15, -0.1) is 0 Å². The summed E-state index contributed by atoms with van der Waals surface area (Å²) < 4.78 is 27.0. The number of hydrogen-bond acceptors (Lipinski definition) is 8. The lowest BCUT2D eigenvalue weighted by molar-refractivity contribution is -0.123. The van der Waals surface area contributed by atoms with Gasteiger partial charge in [-0.3, -0.25) is 14.4 Å². The van der Waals surface area contributed by atoms with Crippen molar-refractivity contribution in [1.82, 2.24) is 24.7 Å². The van der Waals surface area contributed by atoms with Crippen LogP contribution in [0.4, 0.5) is 0 Å². The number of fused-ring (bicyclic) bond motifs is 2. The van der Waals surface area contributed by atoms with E-state index in [9.17, 15) is 13.2 Å².